The molecule has 0 saturated carbocycles. The molecule has 8 amide bonds. The van der Waals surface area contributed by atoms with Gasteiger partial charge in [0.1, 0.15) is 31.6 Å². The quantitative estimate of drug-likeness (QED) is 0.105. The van der Waals surface area contributed by atoms with Gasteiger partial charge in [0.05, 0.1) is 25.9 Å². The molecule has 4 aromatic carbocycles. The van der Waals surface area contributed by atoms with Crippen molar-refractivity contribution in [2.75, 3.05) is 51.5 Å². The molecule has 0 aromatic heterocycles. The Kier molecular flexibility index (Phi) is 14.1. The predicted molar refractivity (Wildman–Crippen MR) is 224 cm³/mol. The molecule has 4 aromatic rings. The zero-order chi connectivity index (χ0) is 41.9. The lowest BCUT2D eigenvalue weighted by Gasteiger charge is -2.34. The van der Waals surface area contributed by atoms with Gasteiger partial charge in [-0.1, -0.05) is 78.9 Å². The number of ether oxygens (including phenoxy) is 2. The molecular formula is C42H42IN7O9. The number of carbonyl (C=O) groups is 7. The standard InChI is InChI=1S/C42H42IN7O9/c1-58-35-16-15-27(43)20-34(35)49-18-17-39(54)50(42(49)57)25-47-37(52)21-45-40(55)33(19-26-9-3-2-4-10-26)48-38(53)23-44-36(51)22-46-41(56)59-24-32-30-13-7-5-11-28(30)29-12-6-8-14-31(29)32/h2-16,20,32-33H,17-19,21-25H2,1H3,(H,44,51)(H,45,55)(H,46,56)(H,47,52)(H,48,53)/t33-/m0/s1. The summed E-state index contributed by atoms with van der Waals surface area (Å²) in [5.74, 6) is -2.93. The SMILES string of the molecule is COc1ccc(I)cc1N1CCC(=O)N(CNC(=O)CNC(=O)[C@H](Cc2ccccc2)NC(=O)CNC(=O)CNC(=O)OCC2c3ccccc3-c3ccccc32)C1=O. The summed E-state index contributed by atoms with van der Waals surface area (Å²) in [7, 11) is 1.47. The summed E-state index contributed by atoms with van der Waals surface area (Å²) in [6, 6.07) is 28.2. The number of nitrogens with one attached hydrogen (secondary N) is 5. The number of hydrogen-bond acceptors (Lipinski definition) is 9. The summed E-state index contributed by atoms with van der Waals surface area (Å²) in [5.41, 5.74) is 5.45. The zero-order valence-electron chi connectivity index (χ0n) is 32.0. The summed E-state index contributed by atoms with van der Waals surface area (Å²) >= 11 is 2.10. The summed E-state index contributed by atoms with van der Waals surface area (Å²) in [4.78, 5) is 92.4. The highest BCUT2D eigenvalue weighted by molar-refractivity contribution is 14.1. The van der Waals surface area contributed by atoms with E-state index in [1.165, 1.54) is 12.0 Å². The number of fused-ring (bicyclic) bond motifs is 3. The lowest BCUT2D eigenvalue weighted by molar-refractivity contribution is -0.132. The fourth-order valence-corrected chi connectivity index (χ4v) is 7.29. The number of hydrogen-bond donors (Lipinski definition) is 5. The molecule has 16 nitrogen and oxygen atoms in total. The van der Waals surface area contributed by atoms with Gasteiger partial charge in [0.15, 0.2) is 0 Å². The van der Waals surface area contributed by atoms with Crippen molar-refractivity contribution in [2.45, 2.75) is 24.8 Å². The van der Waals surface area contributed by atoms with E-state index in [4.69, 9.17) is 9.47 Å². The minimum atomic E-state index is -1.14. The largest absolute Gasteiger partial charge is 0.495 e. The Morgan fingerprint density at radius 3 is 2.08 bits per heavy atom. The first-order valence-electron chi connectivity index (χ1n) is 18.7. The molecule has 17 heteroatoms. The number of amides is 8. The first kappa shape index (κ1) is 42.1. The normalized spacial score (nSPS) is 13.7. The van der Waals surface area contributed by atoms with Gasteiger partial charge in [0.2, 0.25) is 29.5 Å². The van der Waals surface area contributed by atoms with E-state index in [-0.39, 0.29) is 31.9 Å². The fourth-order valence-electron chi connectivity index (χ4n) is 6.81. The third-order valence-corrected chi connectivity index (χ3v) is 10.4. The highest BCUT2D eigenvalue weighted by Crippen LogP contribution is 2.44. The van der Waals surface area contributed by atoms with Crippen molar-refractivity contribution in [1.29, 1.82) is 0 Å². The van der Waals surface area contributed by atoms with Crippen molar-refractivity contribution in [3.8, 4) is 16.9 Å². The molecule has 59 heavy (non-hydrogen) atoms. The van der Waals surface area contributed by atoms with Crippen molar-refractivity contribution < 1.29 is 43.0 Å². The van der Waals surface area contributed by atoms with Gasteiger partial charge in [-0.25, -0.2) is 14.5 Å². The summed E-state index contributed by atoms with van der Waals surface area (Å²) < 4.78 is 11.7. The van der Waals surface area contributed by atoms with Crippen LogP contribution in [0.1, 0.15) is 29.0 Å². The molecule has 1 fully saturated rings. The lowest BCUT2D eigenvalue weighted by Crippen LogP contribution is -2.56. The van der Waals surface area contributed by atoms with Crippen LogP contribution >= 0.6 is 22.6 Å². The molecule has 1 aliphatic carbocycles. The minimum Gasteiger partial charge on any atom is -0.495 e. The average molecular weight is 916 g/mol. The van der Waals surface area contributed by atoms with E-state index < -0.39 is 74.0 Å². The molecule has 0 spiro atoms. The number of alkyl carbamates (subject to hydrolysis) is 1. The van der Waals surface area contributed by atoms with Gasteiger partial charge in [-0.3, -0.25) is 28.9 Å². The molecule has 1 heterocycles. The van der Waals surface area contributed by atoms with Gasteiger partial charge < -0.3 is 36.1 Å². The molecular weight excluding hydrogens is 873 g/mol. The Morgan fingerprint density at radius 2 is 1.39 bits per heavy atom. The highest BCUT2D eigenvalue weighted by Gasteiger charge is 2.35. The predicted octanol–water partition coefficient (Wildman–Crippen LogP) is 3.03. The van der Waals surface area contributed by atoms with E-state index >= 15 is 0 Å². The maximum absolute atomic E-state index is 13.3. The van der Waals surface area contributed by atoms with Crippen LogP contribution < -0.4 is 36.2 Å². The Labute approximate surface area is 353 Å². The number of halogens is 1. The van der Waals surface area contributed by atoms with Gasteiger partial charge in [-0.05, 0) is 68.6 Å². The van der Waals surface area contributed by atoms with Crippen LogP contribution in [0, 0.1) is 3.57 Å². The minimum absolute atomic E-state index is 0.0172. The number of urea groups is 1. The third-order valence-electron chi connectivity index (χ3n) is 9.72. The number of methoxy groups -OCH3 is 1. The number of rotatable bonds is 16. The van der Waals surface area contributed by atoms with Crippen LogP contribution in [0.4, 0.5) is 15.3 Å². The average Bonchev–Trinajstić information content (AvgIpc) is 3.56. The molecule has 0 radical (unpaired) electrons. The highest BCUT2D eigenvalue weighted by atomic mass is 127. The second-order valence-corrected chi connectivity index (χ2v) is 14.8. The maximum Gasteiger partial charge on any atom is 0.407 e. The van der Waals surface area contributed by atoms with Crippen LogP contribution in [0.15, 0.2) is 97.1 Å². The summed E-state index contributed by atoms with van der Waals surface area (Å²) in [5, 5.41) is 12.4. The van der Waals surface area contributed by atoms with Gasteiger partial charge in [0, 0.05) is 28.9 Å². The van der Waals surface area contributed by atoms with E-state index in [2.05, 4.69) is 49.2 Å². The van der Waals surface area contributed by atoms with E-state index in [9.17, 15) is 33.6 Å². The molecule has 0 bridgehead atoms. The topological polar surface area (TPSA) is 205 Å². The first-order valence-corrected chi connectivity index (χ1v) is 19.8. The Morgan fingerprint density at radius 1 is 0.763 bits per heavy atom. The second-order valence-electron chi connectivity index (χ2n) is 13.6. The molecule has 6 rings (SSSR count). The van der Waals surface area contributed by atoms with Crippen molar-refractivity contribution in [3.63, 3.8) is 0 Å². The van der Waals surface area contributed by atoms with Crippen molar-refractivity contribution in [1.82, 2.24) is 31.5 Å². The van der Waals surface area contributed by atoms with Crippen LogP contribution in [0.25, 0.3) is 11.1 Å². The van der Waals surface area contributed by atoms with Crippen LogP contribution in [-0.2, 0) is 35.1 Å². The van der Waals surface area contributed by atoms with Crippen LogP contribution in [-0.4, -0.2) is 99.2 Å². The molecule has 306 valence electrons. The lowest BCUT2D eigenvalue weighted by atomic mass is 9.98. The molecule has 1 saturated heterocycles. The molecule has 0 unspecified atom stereocenters. The smallest absolute Gasteiger partial charge is 0.407 e. The number of benzene rings is 4. The molecule has 2 aliphatic rings. The number of carbonyl (C=O) groups excluding carboxylic acids is 7. The van der Waals surface area contributed by atoms with Crippen molar-refractivity contribution in [2.24, 2.45) is 0 Å². The van der Waals surface area contributed by atoms with Gasteiger partial charge in [-0.2, -0.15) is 0 Å². The first-order chi connectivity index (χ1) is 28.5. The Balaban J connectivity index is 0.952. The van der Waals surface area contributed by atoms with E-state index in [1.807, 2.05) is 54.6 Å². The van der Waals surface area contributed by atoms with Crippen LogP contribution in [0.2, 0.25) is 0 Å². The number of imide groups is 1. The second kappa shape index (κ2) is 19.8. The van der Waals surface area contributed by atoms with Crippen LogP contribution in [0.5, 0.6) is 5.75 Å². The zero-order valence-corrected chi connectivity index (χ0v) is 34.2. The summed E-state index contributed by atoms with van der Waals surface area (Å²) in [6.45, 7) is -1.73. The van der Waals surface area contributed by atoms with E-state index in [0.29, 0.717) is 17.0 Å². The van der Waals surface area contributed by atoms with Crippen LogP contribution in [0.3, 0.4) is 0 Å². The Hall–Kier alpha value is -6.50. The van der Waals surface area contributed by atoms with E-state index in [1.54, 1.807) is 42.5 Å². The summed E-state index contributed by atoms with van der Waals surface area (Å²) in [6.07, 6.45) is -0.719. The Bertz CT molecular complexity index is 2190. The molecule has 5 N–H and O–H groups in total. The number of nitrogens with zero attached hydrogens (tertiary/aromatic N) is 2. The van der Waals surface area contributed by atoms with E-state index in [0.717, 1.165) is 30.7 Å². The van der Waals surface area contributed by atoms with Gasteiger partial charge in [-0.15, -0.1) is 0 Å². The monoisotopic (exact) mass is 915 g/mol. The third kappa shape index (κ3) is 10.7. The number of anilines is 1. The van der Waals surface area contributed by atoms with Gasteiger partial charge >= 0.3 is 12.1 Å². The van der Waals surface area contributed by atoms with Gasteiger partial charge in [0.25, 0.3) is 0 Å². The van der Waals surface area contributed by atoms with Crippen molar-refractivity contribution in [3.05, 3.63) is 117 Å². The van der Waals surface area contributed by atoms with Crippen molar-refractivity contribution >= 4 is 69.9 Å². The fraction of sp³-hybridized carbons (Fsp3) is 0.262. The maximum atomic E-state index is 13.3. The molecule has 1 atom stereocenters. The molecule has 1 aliphatic heterocycles.